The average molecular weight is 467 g/mol. The maximum atomic E-state index is 12.1. The van der Waals surface area contributed by atoms with E-state index in [1.807, 2.05) is 0 Å². The number of rotatable bonds is 8. The number of thiazole rings is 2. The molecule has 31 heavy (non-hydrogen) atoms. The number of amides is 4. The van der Waals surface area contributed by atoms with Gasteiger partial charge >= 0.3 is 0 Å². The highest BCUT2D eigenvalue weighted by molar-refractivity contribution is 7.18. The van der Waals surface area contributed by atoms with Crippen molar-refractivity contribution in [3.05, 3.63) is 21.1 Å². The molecule has 0 atom stereocenters. The number of carbonyl (C=O) groups excluding carboxylic acids is 4. The van der Waals surface area contributed by atoms with Gasteiger partial charge in [0, 0.05) is 41.0 Å². The van der Waals surface area contributed by atoms with Crippen LogP contribution in [0.15, 0.2) is 0 Å². The van der Waals surface area contributed by atoms with Crippen molar-refractivity contribution in [2.75, 3.05) is 38.8 Å². The van der Waals surface area contributed by atoms with Crippen LogP contribution in [0.3, 0.4) is 0 Å². The molecular formula is C19H26N6O4S2. The number of carbonyl (C=O) groups is 4. The summed E-state index contributed by atoms with van der Waals surface area (Å²) in [6.07, 6.45) is 0.591. The summed E-state index contributed by atoms with van der Waals surface area (Å²) in [6.45, 7) is 3.43. The van der Waals surface area contributed by atoms with Crippen molar-refractivity contribution in [3.8, 4) is 0 Å². The van der Waals surface area contributed by atoms with Crippen LogP contribution in [-0.2, 0) is 9.59 Å². The maximum Gasteiger partial charge on any atom is 0.265 e. The molecule has 0 aliphatic heterocycles. The molecule has 2 aromatic heterocycles. The van der Waals surface area contributed by atoms with Gasteiger partial charge in [0.15, 0.2) is 10.3 Å². The predicted molar refractivity (Wildman–Crippen MR) is 121 cm³/mol. The Labute approximate surface area is 188 Å². The van der Waals surface area contributed by atoms with Crippen LogP contribution in [0, 0.1) is 13.8 Å². The minimum Gasteiger partial charge on any atom is -0.344 e. The number of aromatic nitrogens is 2. The van der Waals surface area contributed by atoms with E-state index in [-0.39, 0.29) is 36.5 Å². The second kappa shape index (κ2) is 10.4. The van der Waals surface area contributed by atoms with E-state index in [1.165, 1.54) is 9.80 Å². The highest BCUT2D eigenvalue weighted by Gasteiger charge is 2.19. The molecule has 0 saturated carbocycles. The molecule has 0 saturated heterocycles. The fraction of sp³-hybridized carbons (Fsp3) is 0.474. The third-order valence-electron chi connectivity index (χ3n) is 4.09. The van der Waals surface area contributed by atoms with Crippen molar-refractivity contribution in [1.82, 2.24) is 19.8 Å². The Morgan fingerprint density at radius 1 is 0.742 bits per heavy atom. The van der Waals surface area contributed by atoms with E-state index in [2.05, 4.69) is 20.6 Å². The molecule has 0 aliphatic carbocycles. The first kappa shape index (κ1) is 24.4. The van der Waals surface area contributed by atoms with Crippen LogP contribution < -0.4 is 10.6 Å². The smallest absolute Gasteiger partial charge is 0.265 e. The van der Waals surface area contributed by atoms with Gasteiger partial charge in [-0.25, -0.2) is 9.97 Å². The standard InChI is InChI=1S/C19H26N6O4S2/c1-10-14(16(28)24(3)4)30-18(20-10)22-12(26)8-7-9-13(27)23-19-21-11(2)15(31-19)17(29)25(5)6/h7-9H2,1-6H3,(H,20,22,26)(H,21,23,27). The Bertz CT molecular complexity index is 917. The van der Waals surface area contributed by atoms with E-state index >= 15 is 0 Å². The number of hydrogen-bond donors (Lipinski definition) is 2. The summed E-state index contributed by atoms with van der Waals surface area (Å²) in [5.41, 5.74) is 1.12. The summed E-state index contributed by atoms with van der Waals surface area (Å²) >= 11 is 2.24. The molecule has 0 aromatic carbocycles. The van der Waals surface area contributed by atoms with Crippen molar-refractivity contribution >= 4 is 56.6 Å². The Kier molecular flexibility index (Phi) is 8.22. The third-order valence-corrected chi connectivity index (χ3v) is 6.22. The molecule has 168 valence electrons. The molecule has 0 unspecified atom stereocenters. The molecular weight excluding hydrogens is 440 g/mol. The molecule has 4 amide bonds. The molecule has 2 rings (SSSR count). The second-order valence-corrected chi connectivity index (χ2v) is 9.21. The summed E-state index contributed by atoms with van der Waals surface area (Å²) in [6, 6.07) is 0. The first-order valence-corrected chi connectivity index (χ1v) is 11.1. The van der Waals surface area contributed by atoms with Crippen molar-refractivity contribution < 1.29 is 19.2 Å². The van der Waals surface area contributed by atoms with E-state index in [1.54, 1.807) is 42.0 Å². The third kappa shape index (κ3) is 6.56. The van der Waals surface area contributed by atoms with Crippen molar-refractivity contribution in [2.24, 2.45) is 0 Å². The minimum absolute atomic E-state index is 0.129. The number of hydrogen-bond acceptors (Lipinski definition) is 8. The van der Waals surface area contributed by atoms with Crippen molar-refractivity contribution in [3.63, 3.8) is 0 Å². The topological polar surface area (TPSA) is 125 Å². The zero-order chi connectivity index (χ0) is 23.3. The molecule has 12 heteroatoms. The summed E-state index contributed by atoms with van der Waals surface area (Å²) in [5.74, 6) is -0.899. The van der Waals surface area contributed by atoms with Gasteiger partial charge in [0.1, 0.15) is 9.75 Å². The summed E-state index contributed by atoms with van der Waals surface area (Å²) < 4.78 is 0. The van der Waals surface area contributed by atoms with Gasteiger partial charge in [-0.05, 0) is 20.3 Å². The van der Waals surface area contributed by atoms with Crippen LogP contribution in [0.1, 0.15) is 50.0 Å². The van der Waals surface area contributed by atoms with Gasteiger partial charge in [-0.3, -0.25) is 19.2 Å². The fourth-order valence-corrected chi connectivity index (χ4v) is 4.48. The highest BCUT2D eigenvalue weighted by atomic mass is 32.1. The largest absolute Gasteiger partial charge is 0.344 e. The van der Waals surface area contributed by atoms with Gasteiger partial charge < -0.3 is 20.4 Å². The van der Waals surface area contributed by atoms with Crippen LogP contribution in [0.5, 0.6) is 0 Å². The highest BCUT2D eigenvalue weighted by Crippen LogP contribution is 2.25. The second-order valence-electron chi connectivity index (χ2n) is 7.22. The fourth-order valence-electron chi connectivity index (χ4n) is 2.48. The minimum atomic E-state index is -0.283. The van der Waals surface area contributed by atoms with Crippen LogP contribution >= 0.6 is 22.7 Å². The molecule has 0 fully saturated rings. The molecule has 0 aliphatic rings. The lowest BCUT2D eigenvalue weighted by Gasteiger charge is -2.07. The summed E-state index contributed by atoms with van der Waals surface area (Å²) in [7, 11) is 6.61. The number of anilines is 2. The summed E-state index contributed by atoms with van der Waals surface area (Å²) in [4.78, 5) is 60.7. The van der Waals surface area contributed by atoms with E-state index in [4.69, 9.17) is 0 Å². The van der Waals surface area contributed by atoms with Gasteiger partial charge in [0.2, 0.25) is 11.8 Å². The zero-order valence-electron chi connectivity index (χ0n) is 18.4. The first-order valence-electron chi connectivity index (χ1n) is 9.47. The van der Waals surface area contributed by atoms with E-state index < -0.39 is 0 Å². The predicted octanol–water partition coefficient (Wildman–Crippen LogP) is 2.37. The van der Waals surface area contributed by atoms with E-state index in [0.717, 1.165) is 22.7 Å². The lowest BCUT2D eigenvalue weighted by atomic mass is 10.2. The molecule has 2 N–H and O–H groups in total. The quantitative estimate of drug-likeness (QED) is 0.615. The molecule has 2 aromatic rings. The normalized spacial score (nSPS) is 10.5. The number of nitrogens with zero attached hydrogens (tertiary/aromatic N) is 4. The monoisotopic (exact) mass is 466 g/mol. The van der Waals surface area contributed by atoms with E-state index in [9.17, 15) is 19.2 Å². The van der Waals surface area contributed by atoms with Crippen molar-refractivity contribution in [1.29, 1.82) is 0 Å². The average Bonchev–Trinajstić information content (AvgIpc) is 3.21. The summed E-state index contributed by atoms with van der Waals surface area (Å²) in [5, 5.41) is 6.05. The van der Waals surface area contributed by atoms with Crippen molar-refractivity contribution in [2.45, 2.75) is 33.1 Å². The zero-order valence-corrected chi connectivity index (χ0v) is 20.0. The molecule has 2 heterocycles. The lowest BCUT2D eigenvalue weighted by Crippen LogP contribution is -2.21. The maximum absolute atomic E-state index is 12.1. The Morgan fingerprint density at radius 2 is 1.10 bits per heavy atom. The van der Waals surface area contributed by atoms with Gasteiger partial charge in [0.25, 0.3) is 11.8 Å². The Morgan fingerprint density at radius 3 is 1.42 bits per heavy atom. The van der Waals surface area contributed by atoms with Crippen LogP contribution in [0.4, 0.5) is 10.3 Å². The van der Waals surface area contributed by atoms with E-state index in [0.29, 0.717) is 37.8 Å². The van der Waals surface area contributed by atoms with Crippen LogP contribution in [0.2, 0.25) is 0 Å². The molecule has 0 radical (unpaired) electrons. The molecule has 0 spiro atoms. The first-order chi connectivity index (χ1) is 14.5. The van der Waals surface area contributed by atoms with Gasteiger partial charge in [-0.1, -0.05) is 22.7 Å². The Hall–Kier alpha value is -2.86. The number of aryl methyl sites for hydroxylation is 2. The van der Waals surface area contributed by atoms with Gasteiger partial charge in [0.05, 0.1) is 11.4 Å². The number of nitrogens with one attached hydrogen (secondary N) is 2. The molecule has 0 bridgehead atoms. The van der Waals surface area contributed by atoms with Gasteiger partial charge in [-0.15, -0.1) is 0 Å². The van der Waals surface area contributed by atoms with Gasteiger partial charge in [-0.2, -0.15) is 0 Å². The molecule has 10 nitrogen and oxygen atoms in total. The van der Waals surface area contributed by atoms with Crippen LogP contribution in [-0.4, -0.2) is 71.6 Å². The SMILES string of the molecule is Cc1nc(NC(=O)CCCC(=O)Nc2nc(C)c(C(=O)N(C)C)s2)sc1C(=O)N(C)C. The Balaban J connectivity index is 1.82. The lowest BCUT2D eigenvalue weighted by molar-refractivity contribution is -0.117. The van der Waals surface area contributed by atoms with Crippen LogP contribution in [0.25, 0.3) is 0 Å².